The van der Waals surface area contributed by atoms with E-state index < -0.39 is 0 Å². The maximum atomic E-state index is 12.7. The molecule has 33 heavy (non-hydrogen) atoms. The van der Waals surface area contributed by atoms with Crippen molar-refractivity contribution in [2.75, 3.05) is 18.4 Å². The number of hydrogen-bond acceptors (Lipinski definition) is 7. The molecule has 0 saturated carbocycles. The number of benzene rings is 1. The van der Waals surface area contributed by atoms with E-state index in [9.17, 15) is 4.79 Å². The van der Waals surface area contributed by atoms with Gasteiger partial charge in [0.05, 0.1) is 11.7 Å². The van der Waals surface area contributed by atoms with Crippen LogP contribution >= 0.6 is 0 Å². The van der Waals surface area contributed by atoms with Crippen LogP contribution in [0.25, 0.3) is 22.0 Å². The fraction of sp³-hybridized carbons (Fsp3) is 0.286. The zero-order valence-electron chi connectivity index (χ0n) is 19.0. The number of carbonyl (C=O) groups is 1. The van der Waals surface area contributed by atoms with Gasteiger partial charge in [0, 0.05) is 29.3 Å². The molecule has 1 aliphatic heterocycles. The Morgan fingerprint density at radius 3 is 2.73 bits per heavy atom. The molecule has 1 amide bonds. The lowest BCUT2D eigenvalue weighted by Gasteiger charge is -2.19. The van der Waals surface area contributed by atoms with Crippen LogP contribution in [0.2, 0.25) is 0 Å². The van der Waals surface area contributed by atoms with E-state index in [1.807, 2.05) is 35.3 Å². The summed E-state index contributed by atoms with van der Waals surface area (Å²) in [5.74, 6) is 0.689. The number of nitrogens with one attached hydrogen (secondary N) is 2. The van der Waals surface area contributed by atoms with E-state index in [0.717, 1.165) is 48.0 Å². The van der Waals surface area contributed by atoms with Crippen molar-refractivity contribution in [3.63, 3.8) is 0 Å². The molecular formula is C21H24B3N7O2. The van der Waals surface area contributed by atoms with Crippen LogP contribution in [0, 0.1) is 0 Å². The Morgan fingerprint density at radius 2 is 1.97 bits per heavy atom. The van der Waals surface area contributed by atoms with Crippen molar-refractivity contribution in [1.29, 1.82) is 0 Å². The lowest BCUT2D eigenvalue weighted by atomic mass is 9.49. The van der Waals surface area contributed by atoms with E-state index in [1.54, 1.807) is 6.20 Å². The summed E-state index contributed by atoms with van der Waals surface area (Å²) in [6.07, 6.45) is 8.87. The van der Waals surface area contributed by atoms with Gasteiger partial charge in [-0.2, -0.15) is 5.10 Å². The first kappa shape index (κ1) is 21.5. The molecular weight excluding hydrogens is 415 g/mol. The molecule has 0 spiro atoms. The molecule has 12 heteroatoms. The summed E-state index contributed by atoms with van der Waals surface area (Å²) in [6.45, 7) is 1.86. The lowest BCUT2D eigenvalue weighted by molar-refractivity contribution is 0.102. The van der Waals surface area contributed by atoms with Gasteiger partial charge >= 0.3 is 0 Å². The van der Waals surface area contributed by atoms with Gasteiger partial charge in [0.2, 0.25) is 5.95 Å². The zero-order chi connectivity index (χ0) is 23.0. The molecule has 1 aliphatic rings. The topological polar surface area (TPSA) is 111 Å². The number of rotatable bonds is 5. The van der Waals surface area contributed by atoms with E-state index in [2.05, 4.69) is 54.2 Å². The molecule has 0 bridgehead atoms. The highest BCUT2D eigenvalue weighted by atomic mass is 16.3. The monoisotopic (exact) mass is 439 g/mol. The highest BCUT2D eigenvalue weighted by Gasteiger charge is 2.22. The minimum Gasteiger partial charge on any atom is -0.448 e. The quantitative estimate of drug-likeness (QED) is 0.410. The van der Waals surface area contributed by atoms with Crippen LogP contribution in [-0.2, 0) is 5.24 Å². The fourth-order valence-electron chi connectivity index (χ4n) is 3.92. The van der Waals surface area contributed by atoms with Crippen molar-refractivity contribution in [2.24, 2.45) is 0 Å². The molecule has 1 aromatic carbocycles. The summed E-state index contributed by atoms with van der Waals surface area (Å²) < 4.78 is 7.51. The van der Waals surface area contributed by atoms with Crippen LogP contribution in [0.15, 0.2) is 47.5 Å². The maximum Gasteiger partial charge on any atom is 0.279 e. The van der Waals surface area contributed by atoms with Gasteiger partial charge in [-0.1, -0.05) is 12.1 Å². The molecule has 4 aromatic rings. The summed E-state index contributed by atoms with van der Waals surface area (Å²) in [5.41, 5.74) is 2.97. The normalized spacial score (nSPS) is 15.0. The Labute approximate surface area is 194 Å². The molecule has 0 aliphatic carbocycles. The number of nitrogens with zero attached hydrogens (tertiary/aromatic N) is 5. The van der Waals surface area contributed by atoms with Crippen LogP contribution in [0.5, 0.6) is 0 Å². The van der Waals surface area contributed by atoms with Crippen molar-refractivity contribution < 1.29 is 9.21 Å². The Morgan fingerprint density at radius 1 is 1.15 bits per heavy atom. The number of fused-ring (bicyclic) bond motifs is 1. The number of oxazole rings is 1. The smallest absolute Gasteiger partial charge is 0.279 e. The Bertz CT molecular complexity index is 1310. The predicted octanol–water partition coefficient (Wildman–Crippen LogP) is -0.332. The van der Waals surface area contributed by atoms with Gasteiger partial charge in [0.1, 0.15) is 29.8 Å². The number of carbonyl (C=O) groups excluding carboxylic acids is 1. The average Bonchev–Trinajstić information content (AvgIpc) is 3.49. The van der Waals surface area contributed by atoms with E-state index in [4.69, 9.17) is 4.42 Å². The zero-order valence-corrected chi connectivity index (χ0v) is 19.0. The van der Waals surface area contributed by atoms with Crippen molar-refractivity contribution in [3.05, 3.63) is 54.6 Å². The Kier molecular flexibility index (Phi) is 5.53. The molecule has 1 saturated heterocycles. The third kappa shape index (κ3) is 4.56. The Balaban J connectivity index is 1.35. The fourth-order valence-corrected chi connectivity index (χ4v) is 3.92. The number of piperidine rings is 1. The van der Waals surface area contributed by atoms with Gasteiger partial charge in [-0.3, -0.25) is 14.8 Å². The second-order valence-electron chi connectivity index (χ2n) is 9.36. The first-order chi connectivity index (χ1) is 15.9. The molecule has 9 nitrogen and oxygen atoms in total. The van der Waals surface area contributed by atoms with Gasteiger partial charge in [-0.05, 0) is 42.8 Å². The number of hydrogen-bond donors (Lipinski definition) is 2. The second kappa shape index (κ2) is 8.51. The summed E-state index contributed by atoms with van der Waals surface area (Å²) in [5, 5.41) is 11.3. The highest BCUT2D eigenvalue weighted by Crippen LogP contribution is 2.26. The summed E-state index contributed by atoms with van der Waals surface area (Å²) >= 11 is 0. The Hall–Kier alpha value is -3.40. The molecule has 3 aromatic heterocycles. The SMILES string of the molecule is BC(B)(B)n1cc(-c2ccc3cnc(NC(=O)c4coc(C5CCNCC5)n4)nc3c2)cn1. The van der Waals surface area contributed by atoms with Gasteiger partial charge in [0.15, 0.2) is 11.6 Å². The van der Waals surface area contributed by atoms with Crippen LogP contribution in [0.1, 0.15) is 35.1 Å². The first-order valence-electron chi connectivity index (χ1n) is 11.2. The minimum absolute atomic E-state index is 0.0937. The second-order valence-corrected chi connectivity index (χ2v) is 9.36. The molecule has 0 atom stereocenters. The summed E-state index contributed by atoms with van der Waals surface area (Å²) in [4.78, 5) is 25.9. The van der Waals surface area contributed by atoms with Gasteiger partial charge in [0.25, 0.3) is 5.91 Å². The van der Waals surface area contributed by atoms with Crippen molar-refractivity contribution in [3.8, 4) is 11.1 Å². The number of amides is 1. The molecule has 0 unspecified atom stereocenters. The molecule has 0 radical (unpaired) electrons. The van der Waals surface area contributed by atoms with Crippen LogP contribution in [0.4, 0.5) is 5.95 Å². The lowest BCUT2D eigenvalue weighted by Crippen LogP contribution is -2.35. The van der Waals surface area contributed by atoms with Crippen LogP contribution < -0.4 is 10.6 Å². The van der Waals surface area contributed by atoms with Crippen molar-refractivity contribution >= 4 is 46.3 Å². The number of anilines is 1. The van der Waals surface area contributed by atoms with Gasteiger partial charge in [-0.15, -0.1) is 0 Å². The molecule has 164 valence electrons. The van der Waals surface area contributed by atoms with Gasteiger partial charge in [-0.25, -0.2) is 15.0 Å². The number of aromatic nitrogens is 5. The average molecular weight is 439 g/mol. The summed E-state index contributed by atoms with van der Waals surface area (Å²) in [7, 11) is 6.32. The summed E-state index contributed by atoms with van der Waals surface area (Å²) in [6, 6.07) is 5.96. The molecule has 4 heterocycles. The van der Waals surface area contributed by atoms with E-state index in [1.165, 1.54) is 6.26 Å². The first-order valence-corrected chi connectivity index (χ1v) is 11.2. The largest absolute Gasteiger partial charge is 0.448 e. The maximum absolute atomic E-state index is 12.7. The third-order valence-corrected chi connectivity index (χ3v) is 5.85. The molecule has 5 rings (SSSR count). The van der Waals surface area contributed by atoms with E-state index >= 15 is 0 Å². The molecule has 2 N–H and O–H groups in total. The van der Waals surface area contributed by atoms with Gasteiger partial charge < -0.3 is 9.73 Å². The highest BCUT2D eigenvalue weighted by molar-refractivity contribution is 6.56. The predicted molar refractivity (Wildman–Crippen MR) is 134 cm³/mol. The van der Waals surface area contributed by atoms with Crippen molar-refractivity contribution in [1.82, 2.24) is 30.0 Å². The van der Waals surface area contributed by atoms with E-state index in [0.29, 0.717) is 5.89 Å². The van der Waals surface area contributed by atoms with Crippen LogP contribution in [0.3, 0.4) is 0 Å². The molecule has 1 fully saturated rings. The van der Waals surface area contributed by atoms with Crippen molar-refractivity contribution in [2.45, 2.75) is 24.0 Å². The van der Waals surface area contributed by atoms with Crippen LogP contribution in [-0.4, -0.2) is 67.3 Å². The minimum atomic E-state index is -0.388. The third-order valence-electron chi connectivity index (χ3n) is 5.85. The van der Waals surface area contributed by atoms with E-state index in [-0.39, 0.29) is 28.7 Å². The standard InChI is InChI=1S/C21H24B3N7O2/c22-21(23,24)31-10-15(9-27-31)13-1-2-14-8-26-20(29-16(14)7-13)30-18(32)17-11-33-19(28-17)12-3-5-25-6-4-12/h1-2,7-12,25H,3-6,22-24H2,(H,26,29,30,32).